The van der Waals surface area contributed by atoms with Crippen molar-refractivity contribution in [3.8, 4) is 0 Å². The Labute approximate surface area is 241 Å². The summed E-state index contributed by atoms with van der Waals surface area (Å²) in [5.74, 6) is -0.794. The minimum atomic E-state index is -1.40. The second-order valence-electron chi connectivity index (χ2n) is 13.2. The molecule has 5 atom stereocenters. The van der Waals surface area contributed by atoms with E-state index in [-0.39, 0.29) is 46.5 Å². The molecule has 1 aromatic carbocycles. The van der Waals surface area contributed by atoms with Gasteiger partial charge in [-0.25, -0.2) is 4.79 Å². The average Bonchev–Trinajstić information content (AvgIpc) is 3.25. The van der Waals surface area contributed by atoms with Crippen molar-refractivity contribution in [3.05, 3.63) is 58.7 Å². The number of allylic oxidation sites excluding steroid dienone is 4. The molecule has 3 fully saturated rings. The van der Waals surface area contributed by atoms with Crippen LogP contribution in [0, 0.1) is 22.7 Å². The Bertz CT molecular complexity index is 1370. The minimum absolute atomic E-state index is 0.0118. The van der Waals surface area contributed by atoms with Crippen LogP contribution in [-0.2, 0) is 9.59 Å². The summed E-state index contributed by atoms with van der Waals surface area (Å²) in [7, 11) is 0. The lowest BCUT2D eigenvalue weighted by Crippen LogP contribution is -2.58. The van der Waals surface area contributed by atoms with Gasteiger partial charge in [0.25, 0.3) is 5.91 Å². The van der Waals surface area contributed by atoms with Crippen LogP contribution >= 0.6 is 0 Å². The first kappa shape index (κ1) is 28.0. The molecule has 8 nitrogen and oxygen atoms in total. The fourth-order valence-corrected chi connectivity index (χ4v) is 8.80. The monoisotopic (exact) mass is 560 g/mol. The Hall–Kier alpha value is -3.10. The second-order valence-corrected chi connectivity index (χ2v) is 13.2. The van der Waals surface area contributed by atoms with Crippen molar-refractivity contribution < 1.29 is 29.4 Å². The molecule has 1 amide bonds. The molecule has 218 valence electrons. The molecule has 6 rings (SSSR count). The molecule has 0 aromatic heterocycles. The number of carbonyl (C=O) groups is 4. The fraction of sp³-hybridized carbons (Fsp3) is 0.576. The largest absolute Gasteiger partial charge is 0.478 e. The molecule has 2 N–H and O–H groups in total. The van der Waals surface area contributed by atoms with Crippen molar-refractivity contribution in [2.75, 3.05) is 32.7 Å². The number of nitrogens with zero attached hydrogens (tertiary/aromatic N) is 2. The minimum Gasteiger partial charge on any atom is -0.478 e. The Balaban J connectivity index is 1.13. The summed E-state index contributed by atoms with van der Waals surface area (Å²) in [4.78, 5) is 54.2. The normalized spacial score (nSPS) is 35.1. The first-order chi connectivity index (χ1) is 19.5. The van der Waals surface area contributed by atoms with Crippen LogP contribution in [-0.4, -0.2) is 81.8 Å². The Morgan fingerprint density at radius 2 is 1.68 bits per heavy atom. The second kappa shape index (κ2) is 10.0. The number of carbonyl (C=O) groups excluding carboxylic acids is 3. The summed E-state index contributed by atoms with van der Waals surface area (Å²) in [5.41, 5.74) is 0.839. The number of carboxylic acid groups (broad SMARTS) is 1. The molecule has 2 saturated carbocycles. The third-order valence-electron chi connectivity index (χ3n) is 11.4. The molecular weight excluding hydrogens is 520 g/mol. The Morgan fingerprint density at radius 3 is 2.39 bits per heavy atom. The predicted octanol–water partition coefficient (Wildman–Crippen LogP) is 3.89. The molecule has 0 unspecified atom stereocenters. The van der Waals surface area contributed by atoms with Gasteiger partial charge in [0.05, 0.1) is 17.7 Å². The molecule has 5 aliphatic rings. The standard InChI is InChI=1S/C33H40N2O6/c1-31-12-9-22(36)19-21(31)7-8-25-26(31)10-13-32(2)27(25)11-14-33(32,41)28(37)20-34-15-17-35(18-16-34)29(38)23-5-3-4-6-24(23)30(39)40/h3-6,10,19,25,27,41H,7-9,11-18,20H2,1-2H3,(H,39,40)/t25-,27+,31+,32+,33+/m1/s1. The summed E-state index contributed by atoms with van der Waals surface area (Å²) in [6, 6.07) is 6.24. The molecule has 0 radical (unpaired) electrons. The van der Waals surface area contributed by atoms with E-state index in [0.717, 1.165) is 25.7 Å². The van der Waals surface area contributed by atoms with E-state index in [2.05, 4.69) is 19.9 Å². The SMILES string of the molecule is C[C@]12CCC(=O)C=C1CC[C@@H]1C2=CC[C@@]2(C)[C@H]1CC[C@]2(O)C(=O)CN1CCN(C(=O)c2ccccc2C(=O)O)CC1. The van der Waals surface area contributed by atoms with Gasteiger partial charge in [0.2, 0.25) is 0 Å². The van der Waals surface area contributed by atoms with Gasteiger partial charge in [0, 0.05) is 43.4 Å². The van der Waals surface area contributed by atoms with E-state index in [1.54, 1.807) is 17.0 Å². The molecule has 1 aromatic rings. The molecule has 8 heteroatoms. The van der Waals surface area contributed by atoms with Gasteiger partial charge in [-0.1, -0.05) is 43.2 Å². The number of hydrogen-bond donors (Lipinski definition) is 2. The van der Waals surface area contributed by atoms with Gasteiger partial charge in [-0.15, -0.1) is 0 Å². The highest BCUT2D eigenvalue weighted by Gasteiger charge is 2.64. The average molecular weight is 561 g/mol. The van der Waals surface area contributed by atoms with E-state index >= 15 is 0 Å². The van der Waals surface area contributed by atoms with E-state index in [1.807, 2.05) is 11.0 Å². The van der Waals surface area contributed by atoms with Gasteiger partial charge in [-0.05, 0) is 68.6 Å². The van der Waals surface area contributed by atoms with E-state index in [0.29, 0.717) is 51.4 Å². The number of amides is 1. The number of hydrogen-bond acceptors (Lipinski definition) is 6. The van der Waals surface area contributed by atoms with Crippen molar-refractivity contribution in [2.45, 2.75) is 64.4 Å². The van der Waals surface area contributed by atoms with Crippen LogP contribution < -0.4 is 0 Å². The quantitative estimate of drug-likeness (QED) is 0.525. The summed E-state index contributed by atoms with van der Waals surface area (Å²) >= 11 is 0. The van der Waals surface area contributed by atoms with Crippen LogP contribution in [0.3, 0.4) is 0 Å². The van der Waals surface area contributed by atoms with Gasteiger partial charge in [0.1, 0.15) is 5.60 Å². The van der Waals surface area contributed by atoms with E-state index in [9.17, 15) is 29.4 Å². The van der Waals surface area contributed by atoms with Crippen LogP contribution in [0.15, 0.2) is 47.6 Å². The van der Waals surface area contributed by atoms with Gasteiger partial charge in [-0.3, -0.25) is 19.3 Å². The molecule has 1 saturated heterocycles. The number of aromatic carboxylic acids is 1. The summed E-state index contributed by atoms with van der Waals surface area (Å²) < 4.78 is 0. The molecule has 0 spiro atoms. The molecule has 1 aliphatic heterocycles. The Morgan fingerprint density at radius 1 is 0.976 bits per heavy atom. The number of Topliss-reactive ketones (excluding diaryl/α,β-unsaturated/α-hetero) is 1. The lowest BCUT2D eigenvalue weighted by Gasteiger charge is -2.54. The lowest BCUT2D eigenvalue weighted by molar-refractivity contribution is -0.154. The zero-order valence-corrected chi connectivity index (χ0v) is 24.0. The van der Waals surface area contributed by atoms with Crippen LogP contribution in [0.1, 0.15) is 79.5 Å². The Kier molecular flexibility index (Phi) is 6.85. The lowest BCUT2D eigenvalue weighted by atomic mass is 9.50. The van der Waals surface area contributed by atoms with Crippen molar-refractivity contribution in [3.63, 3.8) is 0 Å². The van der Waals surface area contributed by atoms with Crippen molar-refractivity contribution in [1.29, 1.82) is 0 Å². The van der Waals surface area contributed by atoms with Crippen LogP contribution in [0.2, 0.25) is 0 Å². The molecule has 4 aliphatic carbocycles. The third-order valence-corrected chi connectivity index (χ3v) is 11.4. The fourth-order valence-electron chi connectivity index (χ4n) is 8.80. The smallest absolute Gasteiger partial charge is 0.336 e. The molecule has 41 heavy (non-hydrogen) atoms. The first-order valence-corrected chi connectivity index (χ1v) is 15.0. The molecule has 0 bridgehead atoms. The summed E-state index contributed by atoms with van der Waals surface area (Å²) in [6.07, 6.45) is 9.42. The maximum atomic E-state index is 13.8. The van der Waals surface area contributed by atoms with Crippen molar-refractivity contribution in [1.82, 2.24) is 9.80 Å². The number of carboxylic acids is 1. The van der Waals surface area contributed by atoms with E-state index in [4.69, 9.17) is 0 Å². The highest BCUT2D eigenvalue weighted by molar-refractivity contribution is 6.04. The van der Waals surface area contributed by atoms with Crippen molar-refractivity contribution in [2.24, 2.45) is 22.7 Å². The first-order valence-electron chi connectivity index (χ1n) is 15.0. The van der Waals surface area contributed by atoms with Crippen molar-refractivity contribution >= 4 is 23.4 Å². The number of fused-ring (bicyclic) bond motifs is 5. The number of rotatable bonds is 5. The molecule has 1 heterocycles. The van der Waals surface area contributed by atoms with Gasteiger partial charge >= 0.3 is 5.97 Å². The highest BCUT2D eigenvalue weighted by Crippen LogP contribution is 2.65. The number of ketones is 2. The summed E-state index contributed by atoms with van der Waals surface area (Å²) in [6.45, 7) is 6.28. The van der Waals surface area contributed by atoms with E-state index < -0.39 is 17.0 Å². The van der Waals surface area contributed by atoms with E-state index in [1.165, 1.54) is 23.3 Å². The highest BCUT2D eigenvalue weighted by atomic mass is 16.4. The maximum absolute atomic E-state index is 13.8. The maximum Gasteiger partial charge on any atom is 0.336 e. The number of piperazine rings is 1. The van der Waals surface area contributed by atoms with Crippen LogP contribution in [0.4, 0.5) is 0 Å². The number of aliphatic hydroxyl groups is 1. The van der Waals surface area contributed by atoms with Gasteiger partial charge in [-0.2, -0.15) is 0 Å². The zero-order chi connectivity index (χ0) is 29.2. The number of benzene rings is 1. The predicted molar refractivity (Wildman–Crippen MR) is 152 cm³/mol. The van der Waals surface area contributed by atoms with Gasteiger partial charge < -0.3 is 15.1 Å². The van der Waals surface area contributed by atoms with Crippen LogP contribution in [0.5, 0.6) is 0 Å². The van der Waals surface area contributed by atoms with Crippen LogP contribution in [0.25, 0.3) is 0 Å². The van der Waals surface area contributed by atoms with Gasteiger partial charge in [0.15, 0.2) is 11.6 Å². The zero-order valence-electron chi connectivity index (χ0n) is 24.0. The molecular formula is C33H40N2O6. The third kappa shape index (κ3) is 4.33. The summed E-state index contributed by atoms with van der Waals surface area (Å²) in [5, 5.41) is 21.5. The topological polar surface area (TPSA) is 115 Å².